The summed E-state index contributed by atoms with van der Waals surface area (Å²) in [5.41, 5.74) is 3.96. The fraction of sp³-hybridized carbons (Fsp3) is 0.192. The molecule has 0 fully saturated rings. The molecule has 0 aliphatic rings. The van der Waals surface area contributed by atoms with Gasteiger partial charge < -0.3 is 5.11 Å². The quantitative estimate of drug-likeness (QED) is 0.491. The maximum absolute atomic E-state index is 13.6. The van der Waals surface area contributed by atoms with Crippen LogP contribution in [0, 0.1) is 6.92 Å². The average molecular weight is 412 g/mol. The second-order valence-electron chi connectivity index (χ2n) is 7.55. The van der Waals surface area contributed by atoms with E-state index in [9.17, 15) is 9.90 Å². The van der Waals surface area contributed by atoms with E-state index >= 15 is 0 Å². The Bertz CT molecular complexity index is 1220. The van der Waals surface area contributed by atoms with Crippen molar-refractivity contribution < 1.29 is 5.11 Å². The first-order chi connectivity index (χ1) is 15.1. The van der Waals surface area contributed by atoms with E-state index in [2.05, 4.69) is 17.1 Å². The molecule has 2 aromatic heterocycles. The van der Waals surface area contributed by atoms with Gasteiger partial charge in [0, 0.05) is 24.0 Å². The molecule has 0 bridgehead atoms. The van der Waals surface area contributed by atoms with Crippen molar-refractivity contribution in [2.24, 2.45) is 0 Å². The van der Waals surface area contributed by atoms with Crippen molar-refractivity contribution in [1.29, 1.82) is 0 Å². The van der Waals surface area contributed by atoms with E-state index in [-0.39, 0.29) is 11.3 Å². The summed E-state index contributed by atoms with van der Waals surface area (Å²) in [6.07, 6.45) is 3.67. The van der Waals surface area contributed by atoms with E-state index in [1.165, 1.54) is 5.56 Å². The lowest BCUT2D eigenvalue weighted by Crippen LogP contribution is -2.29. The third-order valence-corrected chi connectivity index (χ3v) is 5.44. The molecule has 0 aliphatic heterocycles. The summed E-state index contributed by atoms with van der Waals surface area (Å²) < 4.78 is 1.66. The van der Waals surface area contributed by atoms with E-state index in [1.807, 2.05) is 55.5 Å². The molecule has 0 radical (unpaired) electrons. The average Bonchev–Trinajstić information content (AvgIpc) is 2.80. The van der Waals surface area contributed by atoms with E-state index in [1.54, 1.807) is 22.9 Å². The number of hydrogen-bond acceptors (Lipinski definition) is 4. The number of pyridine rings is 1. The molecule has 0 amide bonds. The molecule has 0 unspecified atom stereocenters. The van der Waals surface area contributed by atoms with Crippen LogP contribution >= 0.6 is 0 Å². The van der Waals surface area contributed by atoms with Gasteiger partial charge in [-0.15, -0.1) is 0 Å². The van der Waals surface area contributed by atoms with Gasteiger partial charge in [0.1, 0.15) is 11.4 Å². The highest BCUT2D eigenvalue weighted by Gasteiger charge is 2.18. The predicted octanol–water partition coefficient (Wildman–Crippen LogP) is 4.35. The molecule has 0 saturated heterocycles. The zero-order valence-corrected chi connectivity index (χ0v) is 17.5. The summed E-state index contributed by atoms with van der Waals surface area (Å²) >= 11 is 0. The van der Waals surface area contributed by atoms with Crippen LogP contribution in [0.2, 0.25) is 0 Å². The summed E-state index contributed by atoms with van der Waals surface area (Å²) in [5, 5.41) is 10.4. The number of nitrogens with zero attached hydrogens (tertiary/aromatic N) is 3. The van der Waals surface area contributed by atoms with Crippen LogP contribution in [0.25, 0.3) is 11.5 Å². The summed E-state index contributed by atoms with van der Waals surface area (Å²) in [6.45, 7) is 2.31. The number of benzene rings is 2. The molecule has 0 saturated carbocycles. The van der Waals surface area contributed by atoms with Crippen molar-refractivity contribution >= 4 is 0 Å². The minimum Gasteiger partial charge on any atom is -0.506 e. The van der Waals surface area contributed by atoms with Crippen LogP contribution in [0.1, 0.15) is 22.4 Å². The van der Waals surface area contributed by atoms with E-state index in [4.69, 9.17) is 4.98 Å². The van der Waals surface area contributed by atoms with Crippen molar-refractivity contribution in [2.75, 3.05) is 0 Å². The smallest absolute Gasteiger partial charge is 0.257 e. The maximum atomic E-state index is 13.6. The first-order valence-corrected chi connectivity index (χ1v) is 10.5. The standard InChI is InChI=1S/C26H25N3O2/c1-19-22(15-14-20-9-4-2-5-10-20)26(31)29(18-16-21-11-6-3-7-12-21)25(28-19)24-23(30)13-8-17-27-24/h2-13,17,30H,14-16,18H2,1H3. The van der Waals surface area contributed by atoms with Gasteiger partial charge in [-0.1, -0.05) is 60.7 Å². The van der Waals surface area contributed by atoms with Crippen molar-refractivity contribution in [1.82, 2.24) is 14.5 Å². The van der Waals surface area contributed by atoms with Gasteiger partial charge in [0.05, 0.1) is 0 Å². The Kier molecular flexibility index (Phi) is 6.22. The molecule has 5 nitrogen and oxygen atoms in total. The first-order valence-electron chi connectivity index (χ1n) is 10.5. The highest BCUT2D eigenvalue weighted by atomic mass is 16.3. The van der Waals surface area contributed by atoms with Gasteiger partial charge >= 0.3 is 0 Å². The lowest BCUT2D eigenvalue weighted by molar-refractivity contribution is 0.473. The highest BCUT2D eigenvalue weighted by Crippen LogP contribution is 2.25. The normalized spacial score (nSPS) is 10.9. The molecule has 0 spiro atoms. The van der Waals surface area contributed by atoms with Gasteiger partial charge in [0.2, 0.25) is 0 Å². The summed E-state index contributed by atoms with van der Waals surface area (Å²) in [5.74, 6) is 0.416. The van der Waals surface area contributed by atoms with E-state index < -0.39 is 0 Å². The van der Waals surface area contributed by atoms with Crippen LogP contribution in [0.3, 0.4) is 0 Å². The van der Waals surface area contributed by atoms with Gasteiger partial charge in [0.15, 0.2) is 5.82 Å². The Morgan fingerprint density at radius 1 is 0.839 bits per heavy atom. The Balaban J connectivity index is 1.74. The molecule has 2 aromatic carbocycles. The number of aryl methyl sites for hydroxylation is 3. The first kappa shape index (κ1) is 20.5. The molecule has 5 heteroatoms. The molecule has 0 aliphatic carbocycles. The van der Waals surface area contributed by atoms with Crippen LogP contribution in [-0.4, -0.2) is 19.6 Å². The van der Waals surface area contributed by atoms with Crippen LogP contribution in [0.4, 0.5) is 0 Å². The summed E-state index contributed by atoms with van der Waals surface area (Å²) in [6, 6.07) is 23.4. The number of hydrogen-bond donors (Lipinski definition) is 1. The molecule has 0 atom stereocenters. The van der Waals surface area contributed by atoms with E-state index in [0.29, 0.717) is 42.2 Å². The van der Waals surface area contributed by atoms with Crippen LogP contribution < -0.4 is 5.56 Å². The van der Waals surface area contributed by atoms with Crippen molar-refractivity contribution in [2.45, 2.75) is 32.7 Å². The molecular formula is C26H25N3O2. The summed E-state index contributed by atoms with van der Waals surface area (Å²) in [7, 11) is 0. The topological polar surface area (TPSA) is 68.0 Å². The fourth-order valence-corrected chi connectivity index (χ4v) is 3.75. The van der Waals surface area contributed by atoms with Gasteiger partial charge in [-0.25, -0.2) is 9.97 Å². The number of aromatic nitrogens is 3. The monoisotopic (exact) mass is 411 g/mol. The minimum atomic E-state index is -0.0700. The zero-order valence-electron chi connectivity index (χ0n) is 17.5. The molecule has 4 aromatic rings. The van der Waals surface area contributed by atoms with Gasteiger partial charge in [-0.05, 0) is 49.4 Å². The molecule has 31 heavy (non-hydrogen) atoms. The van der Waals surface area contributed by atoms with Gasteiger partial charge in [-0.2, -0.15) is 0 Å². The molecule has 2 heterocycles. The molecule has 156 valence electrons. The maximum Gasteiger partial charge on any atom is 0.257 e. The van der Waals surface area contributed by atoms with E-state index in [0.717, 1.165) is 12.0 Å². The second-order valence-corrected chi connectivity index (χ2v) is 7.55. The summed E-state index contributed by atoms with van der Waals surface area (Å²) in [4.78, 5) is 22.6. The Morgan fingerprint density at radius 3 is 2.13 bits per heavy atom. The minimum absolute atomic E-state index is 0.0132. The zero-order chi connectivity index (χ0) is 21.6. The van der Waals surface area contributed by atoms with Crippen LogP contribution in [0.15, 0.2) is 83.8 Å². The van der Waals surface area contributed by atoms with Crippen molar-refractivity contribution in [3.8, 4) is 17.3 Å². The predicted molar refractivity (Wildman–Crippen MR) is 122 cm³/mol. The lowest BCUT2D eigenvalue weighted by atomic mass is 10.0. The SMILES string of the molecule is Cc1nc(-c2ncccc2O)n(CCc2ccccc2)c(=O)c1CCc1ccccc1. The third-order valence-electron chi connectivity index (χ3n) is 5.44. The Labute approximate surface area is 181 Å². The van der Waals surface area contributed by atoms with Crippen LogP contribution in [-0.2, 0) is 25.8 Å². The van der Waals surface area contributed by atoms with Crippen LogP contribution in [0.5, 0.6) is 5.75 Å². The number of aromatic hydroxyl groups is 1. The fourth-order valence-electron chi connectivity index (χ4n) is 3.75. The lowest BCUT2D eigenvalue weighted by Gasteiger charge is -2.16. The molecule has 1 N–H and O–H groups in total. The van der Waals surface area contributed by atoms with Gasteiger partial charge in [0.25, 0.3) is 5.56 Å². The van der Waals surface area contributed by atoms with Gasteiger partial charge in [-0.3, -0.25) is 9.36 Å². The van der Waals surface area contributed by atoms with Crippen molar-refractivity contribution in [3.63, 3.8) is 0 Å². The largest absolute Gasteiger partial charge is 0.506 e. The second kappa shape index (κ2) is 9.39. The molecular weight excluding hydrogens is 386 g/mol. The number of rotatable bonds is 7. The highest BCUT2D eigenvalue weighted by molar-refractivity contribution is 5.59. The Hall–Kier alpha value is -3.73. The molecule has 4 rings (SSSR count). The third kappa shape index (κ3) is 4.72. The van der Waals surface area contributed by atoms with Crippen molar-refractivity contribution in [3.05, 3.63) is 112 Å². The Morgan fingerprint density at radius 2 is 1.48 bits per heavy atom.